The second kappa shape index (κ2) is 7.26. The third-order valence-corrected chi connectivity index (χ3v) is 3.64. The second-order valence-electron chi connectivity index (χ2n) is 5.29. The molecule has 0 bridgehead atoms. The van der Waals surface area contributed by atoms with Gasteiger partial charge in [0.2, 0.25) is 0 Å². The molecule has 0 aliphatic heterocycles. The molecule has 1 amide bonds. The minimum absolute atomic E-state index is 0.137. The Hall–Kier alpha value is -3.36. The summed E-state index contributed by atoms with van der Waals surface area (Å²) < 4.78 is 37.8. The monoisotopic (exact) mass is 362 g/mol. The van der Waals surface area contributed by atoms with Crippen LogP contribution in [0.25, 0.3) is 5.82 Å². The van der Waals surface area contributed by atoms with E-state index in [1.807, 2.05) is 12.1 Å². The van der Waals surface area contributed by atoms with Crippen molar-refractivity contribution in [3.63, 3.8) is 0 Å². The van der Waals surface area contributed by atoms with Crippen LogP contribution in [-0.4, -0.2) is 34.0 Å². The number of hydrogen-bond acceptors (Lipinski definition) is 4. The van der Waals surface area contributed by atoms with Gasteiger partial charge in [0.15, 0.2) is 11.5 Å². The van der Waals surface area contributed by atoms with Gasteiger partial charge in [-0.25, -0.2) is 0 Å². The summed E-state index contributed by atoms with van der Waals surface area (Å²) in [5.74, 6) is 0.106. The molecule has 9 heteroatoms. The van der Waals surface area contributed by atoms with Crippen molar-refractivity contribution in [3.8, 4) is 17.3 Å². The summed E-state index contributed by atoms with van der Waals surface area (Å²) in [5.41, 5.74) is 0.615. The molecule has 0 spiro atoms. The van der Waals surface area contributed by atoms with Crippen LogP contribution in [0.3, 0.4) is 0 Å². The van der Waals surface area contributed by atoms with Crippen molar-refractivity contribution in [3.05, 3.63) is 54.5 Å². The first-order valence-corrected chi connectivity index (χ1v) is 7.59. The second-order valence-corrected chi connectivity index (χ2v) is 5.29. The summed E-state index contributed by atoms with van der Waals surface area (Å²) in [6.07, 6.45) is 5.01. The molecule has 2 aromatic heterocycles. The van der Waals surface area contributed by atoms with Crippen molar-refractivity contribution < 1.29 is 23.0 Å². The fourth-order valence-electron chi connectivity index (χ4n) is 2.51. The molecule has 3 rings (SSSR count). The van der Waals surface area contributed by atoms with Gasteiger partial charge < -0.3 is 19.4 Å². The quantitative estimate of drug-likeness (QED) is 0.732. The molecule has 26 heavy (non-hydrogen) atoms. The Morgan fingerprint density at radius 3 is 2.62 bits per heavy atom. The third-order valence-electron chi connectivity index (χ3n) is 3.64. The van der Waals surface area contributed by atoms with E-state index in [9.17, 15) is 13.6 Å². The van der Waals surface area contributed by atoms with Crippen molar-refractivity contribution in [1.29, 1.82) is 0 Å². The van der Waals surface area contributed by atoms with Gasteiger partial charge >= 0.3 is 6.61 Å². The van der Waals surface area contributed by atoms with E-state index in [4.69, 9.17) is 4.74 Å². The Kier molecular flexibility index (Phi) is 4.87. The Bertz CT molecular complexity index is 907. The van der Waals surface area contributed by atoms with Crippen LogP contribution in [0.5, 0.6) is 11.5 Å². The summed E-state index contributed by atoms with van der Waals surface area (Å²) in [5, 5.41) is 6.76. The highest BCUT2D eigenvalue weighted by Gasteiger charge is 2.18. The van der Waals surface area contributed by atoms with Crippen molar-refractivity contribution in [2.24, 2.45) is 7.05 Å². The molecular formula is C17H16F2N4O3. The minimum Gasteiger partial charge on any atom is -0.493 e. The van der Waals surface area contributed by atoms with E-state index >= 15 is 0 Å². The number of nitrogens with zero attached hydrogens (tertiary/aromatic N) is 3. The number of rotatable bonds is 6. The zero-order valence-corrected chi connectivity index (χ0v) is 14.0. The maximum atomic E-state index is 12.6. The smallest absolute Gasteiger partial charge is 0.387 e. The number of carbonyl (C=O) groups excluding carboxylic acids is 1. The van der Waals surface area contributed by atoms with Gasteiger partial charge in [0, 0.05) is 31.2 Å². The lowest BCUT2D eigenvalue weighted by molar-refractivity contribution is -0.0511. The average Bonchev–Trinajstić information content (AvgIpc) is 3.23. The number of benzene rings is 1. The first kappa shape index (κ1) is 17.5. The number of ether oxygens (including phenoxy) is 2. The minimum atomic E-state index is -3.01. The van der Waals surface area contributed by atoms with Gasteiger partial charge in [-0.1, -0.05) is 0 Å². The van der Waals surface area contributed by atoms with Gasteiger partial charge in [0.1, 0.15) is 11.4 Å². The van der Waals surface area contributed by atoms with Crippen LogP contribution in [0.4, 0.5) is 14.5 Å². The summed E-state index contributed by atoms with van der Waals surface area (Å²) in [4.78, 5) is 12.6. The molecule has 0 saturated heterocycles. The van der Waals surface area contributed by atoms with Gasteiger partial charge in [-0.3, -0.25) is 9.48 Å². The van der Waals surface area contributed by atoms with Gasteiger partial charge in [0.25, 0.3) is 5.91 Å². The number of aryl methyl sites for hydroxylation is 1. The summed E-state index contributed by atoms with van der Waals surface area (Å²) in [6.45, 7) is -3.01. The Labute approximate surface area is 147 Å². The van der Waals surface area contributed by atoms with Crippen molar-refractivity contribution in [2.75, 3.05) is 12.4 Å². The van der Waals surface area contributed by atoms with Crippen LogP contribution in [0.2, 0.25) is 0 Å². The summed E-state index contributed by atoms with van der Waals surface area (Å²) >= 11 is 0. The van der Waals surface area contributed by atoms with E-state index in [1.54, 1.807) is 28.7 Å². The molecule has 0 aliphatic carbocycles. The van der Waals surface area contributed by atoms with Crippen molar-refractivity contribution in [1.82, 2.24) is 14.3 Å². The maximum Gasteiger partial charge on any atom is 0.387 e. The highest BCUT2D eigenvalue weighted by Crippen LogP contribution is 2.31. The molecular weight excluding hydrogens is 346 g/mol. The lowest BCUT2D eigenvalue weighted by atomic mass is 10.2. The number of anilines is 1. The third kappa shape index (κ3) is 3.51. The van der Waals surface area contributed by atoms with Crippen LogP contribution in [0, 0.1) is 0 Å². The van der Waals surface area contributed by atoms with Gasteiger partial charge in [-0.05, 0) is 24.3 Å². The fourth-order valence-corrected chi connectivity index (χ4v) is 2.51. The molecule has 7 nitrogen and oxygen atoms in total. The number of halogens is 2. The Balaban J connectivity index is 1.87. The van der Waals surface area contributed by atoms with Crippen LogP contribution in [0.1, 0.15) is 10.4 Å². The number of aromatic nitrogens is 3. The van der Waals surface area contributed by atoms with Crippen LogP contribution < -0.4 is 14.8 Å². The molecule has 1 aromatic carbocycles. The number of nitrogens with one attached hydrogen (secondary N) is 1. The van der Waals surface area contributed by atoms with Crippen molar-refractivity contribution >= 4 is 11.6 Å². The lowest BCUT2D eigenvalue weighted by Gasteiger charge is -2.12. The van der Waals surface area contributed by atoms with Crippen LogP contribution in [0.15, 0.2) is 48.9 Å². The van der Waals surface area contributed by atoms with E-state index in [0.29, 0.717) is 11.4 Å². The number of alkyl halides is 2. The highest BCUT2D eigenvalue weighted by atomic mass is 19.3. The zero-order chi connectivity index (χ0) is 18.7. The largest absolute Gasteiger partial charge is 0.493 e. The molecule has 136 valence electrons. The van der Waals surface area contributed by atoms with E-state index in [-0.39, 0.29) is 17.2 Å². The standard InChI is InChI=1S/C17H16F2N4O3/c1-22-16(23-7-3-4-8-23)12(10-20-22)15(24)21-11-5-6-13(25-2)14(9-11)26-17(18)19/h3-10,17H,1-2H3,(H,21,24). The van der Waals surface area contributed by atoms with Crippen LogP contribution in [-0.2, 0) is 7.05 Å². The van der Waals surface area contributed by atoms with E-state index in [2.05, 4.69) is 15.2 Å². The lowest BCUT2D eigenvalue weighted by Crippen LogP contribution is -2.15. The Morgan fingerprint density at radius 2 is 1.96 bits per heavy atom. The summed E-state index contributed by atoms with van der Waals surface area (Å²) in [6, 6.07) is 7.89. The summed E-state index contributed by atoms with van der Waals surface area (Å²) in [7, 11) is 3.05. The predicted octanol–water partition coefficient (Wildman–Crippen LogP) is 3.07. The molecule has 3 aromatic rings. The topological polar surface area (TPSA) is 70.3 Å². The number of carbonyl (C=O) groups is 1. The van der Waals surface area contributed by atoms with Crippen molar-refractivity contribution in [2.45, 2.75) is 6.61 Å². The van der Waals surface area contributed by atoms with Crippen LogP contribution >= 0.6 is 0 Å². The fraction of sp³-hybridized carbons (Fsp3) is 0.176. The average molecular weight is 362 g/mol. The first-order valence-electron chi connectivity index (χ1n) is 7.59. The molecule has 0 aliphatic rings. The number of methoxy groups -OCH3 is 1. The van der Waals surface area contributed by atoms with E-state index in [1.165, 1.54) is 31.5 Å². The maximum absolute atomic E-state index is 12.6. The molecule has 0 fully saturated rings. The molecule has 0 unspecified atom stereocenters. The normalized spacial score (nSPS) is 10.8. The SMILES string of the molecule is COc1ccc(NC(=O)c2cnn(C)c2-n2cccc2)cc1OC(F)F. The predicted molar refractivity (Wildman–Crippen MR) is 90.1 cm³/mol. The molecule has 1 N–H and O–H groups in total. The van der Waals surface area contributed by atoms with E-state index < -0.39 is 12.5 Å². The Morgan fingerprint density at radius 1 is 1.23 bits per heavy atom. The zero-order valence-electron chi connectivity index (χ0n) is 14.0. The first-order chi connectivity index (χ1) is 12.5. The molecule has 0 atom stereocenters. The molecule has 0 radical (unpaired) electrons. The number of amides is 1. The molecule has 0 saturated carbocycles. The van der Waals surface area contributed by atoms with Gasteiger partial charge in [0.05, 0.1) is 13.3 Å². The number of hydrogen-bond donors (Lipinski definition) is 1. The van der Waals surface area contributed by atoms with E-state index in [0.717, 1.165) is 0 Å². The highest BCUT2D eigenvalue weighted by molar-refractivity contribution is 6.06. The van der Waals surface area contributed by atoms with Gasteiger partial charge in [-0.2, -0.15) is 13.9 Å². The van der Waals surface area contributed by atoms with Gasteiger partial charge in [-0.15, -0.1) is 0 Å². The molecule has 2 heterocycles.